The van der Waals surface area contributed by atoms with Crippen LogP contribution in [0.5, 0.6) is 0 Å². The lowest BCUT2D eigenvalue weighted by Crippen LogP contribution is -2.33. The number of hydrogen-bond donors (Lipinski definition) is 1. The van der Waals surface area contributed by atoms with Gasteiger partial charge < -0.3 is 15.1 Å². The Bertz CT molecular complexity index is 564. The van der Waals surface area contributed by atoms with E-state index in [2.05, 4.69) is 74.9 Å². The molecule has 108 valence electrons. The quantitative estimate of drug-likeness (QED) is 0.793. The summed E-state index contributed by atoms with van der Waals surface area (Å²) in [5, 5.41) is 0. The molecule has 0 saturated heterocycles. The van der Waals surface area contributed by atoms with Crippen LogP contribution in [0.15, 0.2) is 43.9 Å². The minimum absolute atomic E-state index is 0.0180. The Kier molecular flexibility index (Phi) is 5.29. The van der Waals surface area contributed by atoms with E-state index in [9.17, 15) is 0 Å². The van der Waals surface area contributed by atoms with Gasteiger partial charge in [0.05, 0.1) is 10.5 Å². The Morgan fingerprint density at radius 1 is 1.30 bits per heavy atom. The maximum atomic E-state index is 5.98. The molecule has 0 amide bonds. The predicted octanol–water partition coefficient (Wildman–Crippen LogP) is 4.64. The summed E-state index contributed by atoms with van der Waals surface area (Å²) in [5.41, 5.74) is 8.38. The fraction of sp³-hybridized carbons (Fsp3) is 0.333. The van der Waals surface area contributed by atoms with Crippen LogP contribution >= 0.6 is 31.9 Å². The average molecular weight is 402 g/mol. The van der Waals surface area contributed by atoms with Gasteiger partial charge in [0.15, 0.2) is 4.67 Å². The van der Waals surface area contributed by atoms with Gasteiger partial charge >= 0.3 is 0 Å². The number of furan rings is 1. The third-order valence-corrected chi connectivity index (χ3v) is 4.98. The second kappa shape index (κ2) is 6.78. The van der Waals surface area contributed by atoms with Gasteiger partial charge in [-0.2, -0.15) is 0 Å². The minimum atomic E-state index is 0.0180. The van der Waals surface area contributed by atoms with Gasteiger partial charge in [-0.05, 0) is 69.5 Å². The van der Waals surface area contributed by atoms with E-state index >= 15 is 0 Å². The first-order valence-corrected chi connectivity index (χ1v) is 8.13. The van der Waals surface area contributed by atoms with Crippen molar-refractivity contribution in [3.05, 3.63) is 50.8 Å². The number of nitrogens with two attached hydrogens (primary N) is 1. The summed E-state index contributed by atoms with van der Waals surface area (Å²) in [7, 11) is 0. The highest BCUT2D eigenvalue weighted by molar-refractivity contribution is 9.13. The smallest absolute Gasteiger partial charge is 0.183 e. The second-order valence-corrected chi connectivity index (χ2v) is 6.22. The molecule has 0 spiro atoms. The fourth-order valence-corrected chi connectivity index (χ4v) is 2.92. The van der Waals surface area contributed by atoms with Crippen molar-refractivity contribution in [3.8, 4) is 0 Å². The number of hydrogen-bond acceptors (Lipinski definition) is 3. The van der Waals surface area contributed by atoms with Crippen molar-refractivity contribution < 1.29 is 4.42 Å². The first kappa shape index (κ1) is 15.6. The van der Waals surface area contributed by atoms with Crippen LogP contribution in [0, 0.1) is 6.92 Å². The molecule has 20 heavy (non-hydrogen) atoms. The summed E-state index contributed by atoms with van der Waals surface area (Å²) in [6.45, 7) is 5.57. The van der Waals surface area contributed by atoms with Gasteiger partial charge in [-0.1, -0.05) is 12.1 Å². The summed E-state index contributed by atoms with van der Waals surface area (Å²) < 4.78 is 7.36. The molecule has 3 nitrogen and oxygen atoms in total. The van der Waals surface area contributed by atoms with E-state index in [1.54, 1.807) is 0 Å². The summed E-state index contributed by atoms with van der Waals surface area (Å²) >= 11 is 6.83. The van der Waals surface area contributed by atoms with E-state index in [4.69, 9.17) is 10.2 Å². The minimum Gasteiger partial charge on any atom is -0.451 e. The highest BCUT2D eigenvalue weighted by Crippen LogP contribution is 2.34. The second-order valence-electron chi connectivity index (χ2n) is 4.65. The van der Waals surface area contributed by atoms with Crippen molar-refractivity contribution in [3.63, 3.8) is 0 Å². The SMILES string of the molecule is CCN(c1cccc(C)c1)C(CN)c1cc(Br)c(Br)o1. The molecule has 5 heteroatoms. The Hall–Kier alpha value is -0.780. The Morgan fingerprint density at radius 2 is 2.05 bits per heavy atom. The molecule has 0 aliphatic rings. The van der Waals surface area contributed by atoms with Crippen molar-refractivity contribution in [2.75, 3.05) is 18.0 Å². The van der Waals surface area contributed by atoms with Gasteiger partial charge in [0.1, 0.15) is 5.76 Å². The normalized spacial score (nSPS) is 12.4. The van der Waals surface area contributed by atoms with Crippen molar-refractivity contribution in [1.29, 1.82) is 0 Å². The molecule has 2 rings (SSSR count). The van der Waals surface area contributed by atoms with Crippen molar-refractivity contribution in [2.45, 2.75) is 19.9 Å². The number of aryl methyl sites for hydroxylation is 1. The van der Waals surface area contributed by atoms with Gasteiger partial charge in [-0.3, -0.25) is 0 Å². The zero-order valence-electron chi connectivity index (χ0n) is 11.6. The summed E-state index contributed by atoms with van der Waals surface area (Å²) in [6, 6.07) is 10.4. The zero-order chi connectivity index (χ0) is 14.7. The number of anilines is 1. The number of likely N-dealkylation sites (N-methyl/N-ethyl adjacent to an activating group) is 1. The topological polar surface area (TPSA) is 42.4 Å². The van der Waals surface area contributed by atoms with Gasteiger partial charge in [0, 0.05) is 18.8 Å². The van der Waals surface area contributed by atoms with Crippen LogP contribution in [0.25, 0.3) is 0 Å². The Labute approximate surface area is 136 Å². The highest BCUT2D eigenvalue weighted by atomic mass is 79.9. The standard InChI is InChI=1S/C15H18Br2N2O/c1-3-19(11-6-4-5-10(2)7-11)13(9-18)14-8-12(16)15(17)20-14/h4-8,13H,3,9,18H2,1-2H3. The molecule has 1 aromatic heterocycles. The van der Waals surface area contributed by atoms with E-state index in [1.807, 2.05) is 6.07 Å². The van der Waals surface area contributed by atoms with Crippen molar-refractivity contribution in [2.24, 2.45) is 5.73 Å². The third kappa shape index (κ3) is 3.27. The van der Waals surface area contributed by atoms with E-state index in [1.165, 1.54) is 5.56 Å². The van der Waals surface area contributed by atoms with Crippen LogP contribution in [0.1, 0.15) is 24.3 Å². The molecule has 0 saturated carbocycles. The summed E-state index contributed by atoms with van der Waals surface area (Å²) in [6.07, 6.45) is 0. The van der Waals surface area contributed by atoms with E-state index in [-0.39, 0.29) is 6.04 Å². The molecule has 0 aliphatic heterocycles. The number of rotatable bonds is 5. The average Bonchev–Trinajstić information content (AvgIpc) is 2.75. The van der Waals surface area contributed by atoms with Crippen LogP contribution < -0.4 is 10.6 Å². The van der Waals surface area contributed by atoms with Gasteiger partial charge in [0.25, 0.3) is 0 Å². The highest BCUT2D eigenvalue weighted by Gasteiger charge is 2.23. The van der Waals surface area contributed by atoms with E-state index in [0.29, 0.717) is 11.2 Å². The lowest BCUT2D eigenvalue weighted by atomic mass is 10.1. The summed E-state index contributed by atoms with van der Waals surface area (Å²) in [5.74, 6) is 0.856. The fourth-order valence-electron chi connectivity index (χ4n) is 2.31. The molecule has 0 bridgehead atoms. The van der Waals surface area contributed by atoms with E-state index in [0.717, 1.165) is 22.5 Å². The van der Waals surface area contributed by atoms with Crippen LogP contribution in [0.2, 0.25) is 0 Å². The van der Waals surface area contributed by atoms with Crippen LogP contribution in [0.4, 0.5) is 5.69 Å². The molecular weight excluding hydrogens is 384 g/mol. The van der Waals surface area contributed by atoms with Crippen molar-refractivity contribution in [1.82, 2.24) is 0 Å². The van der Waals surface area contributed by atoms with Crippen LogP contribution in [0.3, 0.4) is 0 Å². The summed E-state index contributed by atoms with van der Waals surface area (Å²) in [4.78, 5) is 2.25. The van der Waals surface area contributed by atoms with Crippen LogP contribution in [-0.2, 0) is 0 Å². The molecule has 0 radical (unpaired) electrons. The molecule has 1 heterocycles. The Morgan fingerprint density at radius 3 is 2.55 bits per heavy atom. The molecule has 1 aromatic carbocycles. The number of nitrogens with zero attached hydrogens (tertiary/aromatic N) is 1. The molecular formula is C15H18Br2N2O. The maximum Gasteiger partial charge on any atom is 0.183 e. The lowest BCUT2D eigenvalue weighted by Gasteiger charge is -2.30. The van der Waals surface area contributed by atoms with Gasteiger partial charge in [-0.15, -0.1) is 0 Å². The molecule has 1 unspecified atom stereocenters. The zero-order valence-corrected chi connectivity index (χ0v) is 14.7. The Balaban J connectivity index is 2.37. The largest absolute Gasteiger partial charge is 0.451 e. The molecule has 0 fully saturated rings. The van der Waals surface area contributed by atoms with Gasteiger partial charge in [-0.25, -0.2) is 0 Å². The molecule has 1 atom stereocenters. The lowest BCUT2D eigenvalue weighted by molar-refractivity contribution is 0.437. The van der Waals surface area contributed by atoms with Gasteiger partial charge in [0.2, 0.25) is 0 Å². The first-order chi connectivity index (χ1) is 9.56. The molecule has 2 N–H and O–H groups in total. The third-order valence-electron chi connectivity index (χ3n) is 3.27. The predicted molar refractivity (Wildman–Crippen MR) is 90.1 cm³/mol. The van der Waals surface area contributed by atoms with E-state index < -0.39 is 0 Å². The molecule has 2 aromatic rings. The number of halogens is 2. The maximum absolute atomic E-state index is 5.98. The molecule has 0 aliphatic carbocycles. The first-order valence-electron chi connectivity index (χ1n) is 6.55. The van der Waals surface area contributed by atoms with Crippen molar-refractivity contribution >= 4 is 37.5 Å². The monoisotopic (exact) mass is 400 g/mol. The van der Waals surface area contributed by atoms with Crippen LogP contribution in [-0.4, -0.2) is 13.1 Å². The number of benzene rings is 1.